The summed E-state index contributed by atoms with van der Waals surface area (Å²) >= 11 is 1.47. The predicted octanol–water partition coefficient (Wildman–Crippen LogP) is 3.63. The maximum absolute atomic E-state index is 8.93. The highest BCUT2D eigenvalue weighted by atomic mass is 32.1. The first-order valence-electron chi connectivity index (χ1n) is 6.26. The van der Waals surface area contributed by atoms with E-state index >= 15 is 0 Å². The van der Waals surface area contributed by atoms with Gasteiger partial charge in [0.25, 0.3) is 0 Å². The van der Waals surface area contributed by atoms with Crippen molar-refractivity contribution in [3.8, 4) is 16.6 Å². The second kappa shape index (κ2) is 5.81. The third-order valence-corrected chi connectivity index (χ3v) is 3.75. The van der Waals surface area contributed by atoms with Crippen LogP contribution in [0.15, 0.2) is 18.5 Å². The molecule has 0 aliphatic rings. The summed E-state index contributed by atoms with van der Waals surface area (Å²) in [6.45, 7) is 7.12. The molecule has 19 heavy (non-hydrogen) atoms. The molecule has 0 atom stereocenters. The second-order valence-corrected chi connectivity index (χ2v) is 5.53. The van der Waals surface area contributed by atoms with Crippen LogP contribution in [0.25, 0.3) is 10.6 Å². The number of aromatic nitrogens is 2. The SMILES string of the molecule is CCNc1ncnc(-c2ccc(C#N)s2)c1C(C)C. The van der Waals surface area contributed by atoms with Crippen molar-refractivity contribution in [2.24, 2.45) is 0 Å². The van der Waals surface area contributed by atoms with E-state index in [1.807, 2.05) is 19.1 Å². The lowest BCUT2D eigenvalue weighted by atomic mass is 10.0. The first kappa shape index (κ1) is 13.5. The highest BCUT2D eigenvalue weighted by molar-refractivity contribution is 7.16. The Morgan fingerprint density at radius 2 is 2.16 bits per heavy atom. The summed E-state index contributed by atoms with van der Waals surface area (Å²) in [4.78, 5) is 10.4. The van der Waals surface area contributed by atoms with E-state index in [4.69, 9.17) is 5.26 Å². The Bertz CT molecular complexity index is 610. The van der Waals surface area contributed by atoms with Crippen LogP contribution in [0.4, 0.5) is 5.82 Å². The molecule has 0 unspecified atom stereocenters. The van der Waals surface area contributed by atoms with Gasteiger partial charge in [-0.25, -0.2) is 9.97 Å². The normalized spacial score (nSPS) is 10.5. The lowest BCUT2D eigenvalue weighted by Crippen LogP contribution is -2.07. The van der Waals surface area contributed by atoms with Gasteiger partial charge in [0.1, 0.15) is 23.1 Å². The smallest absolute Gasteiger partial charge is 0.133 e. The molecule has 0 saturated carbocycles. The summed E-state index contributed by atoms with van der Waals surface area (Å²) in [5, 5.41) is 12.2. The Kier molecular flexibility index (Phi) is 4.13. The van der Waals surface area contributed by atoms with Gasteiger partial charge in [0.05, 0.1) is 10.6 Å². The summed E-state index contributed by atoms with van der Waals surface area (Å²) < 4.78 is 0. The van der Waals surface area contributed by atoms with Crippen molar-refractivity contribution in [3.63, 3.8) is 0 Å². The molecule has 0 spiro atoms. The van der Waals surface area contributed by atoms with E-state index in [1.54, 1.807) is 6.33 Å². The number of nitriles is 1. The average Bonchev–Trinajstić information content (AvgIpc) is 2.87. The topological polar surface area (TPSA) is 61.6 Å². The molecule has 0 fully saturated rings. The van der Waals surface area contributed by atoms with E-state index in [-0.39, 0.29) is 0 Å². The average molecular weight is 272 g/mol. The van der Waals surface area contributed by atoms with Crippen LogP contribution in [0.1, 0.15) is 37.1 Å². The van der Waals surface area contributed by atoms with Crippen molar-refractivity contribution in [1.29, 1.82) is 5.26 Å². The van der Waals surface area contributed by atoms with Crippen LogP contribution >= 0.6 is 11.3 Å². The van der Waals surface area contributed by atoms with E-state index in [0.29, 0.717) is 10.8 Å². The first-order valence-corrected chi connectivity index (χ1v) is 7.08. The molecule has 0 saturated heterocycles. The van der Waals surface area contributed by atoms with Gasteiger partial charge in [0.15, 0.2) is 0 Å². The Labute approximate surface area is 117 Å². The number of rotatable bonds is 4. The van der Waals surface area contributed by atoms with Crippen LogP contribution in [0.2, 0.25) is 0 Å². The van der Waals surface area contributed by atoms with Crippen LogP contribution in [0.5, 0.6) is 0 Å². The van der Waals surface area contributed by atoms with Crippen LogP contribution in [0.3, 0.4) is 0 Å². The van der Waals surface area contributed by atoms with Crippen LogP contribution in [0, 0.1) is 11.3 Å². The minimum Gasteiger partial charge on any atom is -0.370 e. The molecule has 2 rings (SSSR count). The molecule has 2 aromatic rings. The first-order chi connectivity index (χ1) is 9.17. The molecule has 0 radical (unpaired) electrons. The van der Waals surface area contributed by atoms with E-state index < -0.39 is 0 Å². The van der Waals surface area contributed by atoms with Crippen LogP contribution < -0.4 is 5.32 Å². The van der Waals surface area contributed by atoms with Crippen molar-refractivity contribution < 1.29 is 0 Å². The standard InChI is InChI=1S/C14H16N4S/c1-4-16-14-12(9(2)3)13(17-8-18-14)11-6-5-10(7-15)19-11/h5-6,8-9H,4H2,1-3H3,(H,16,17,18). The molecule has 0 amide bonds. The van der Waals surface area contributed by atoms with Crippen LogP contribution in [-0.4, -0.2) is 16.5 Å². The van der Waals surface area contributed by atoms with Gasteiger partial charge < -0.3 is 5.32 Å². The lowest BCUT2D eigenvalue weighted by molar-refractivity contribution is 0.850. The summed E-state index contributed by atoms with van der Waals surface area (Å²) in [6.07, 6.45) is 1.57. The Hall–Kier alpha value is -1.93. The van der Waals surface area contributed by atoms with Gasteiger partial charge in [-0.3, -0.25) is 0 Å². The number of hydrogen-bond acceptors (Lipinski definition) is 5. The number of anilines is 1. The van der Waals surface area contributed by atoms with E-state index in [1.165, 1.54) is 11.3 Å². The predicted molar refractivity (Wildman–Crippen MR) is 78.3 cm³/mol. The summed E-state index contributed by atoms with van der Waals surface area (Å²) in [6, 6.07) is 5.95. The van der Waals surface area contributed by atoms with Crippen molar-refractivity contribution in [2.45, 2.75) is 26.7 Å². The number of nitrogens with one attached hydrogen (secondary N) is 1. The number of hydrogen-bond donors (Lipinski definition) is 1. The molecular weight excluding hydrogens is 256 g/mol. The maximum atomic E-state index is 8.93. The second-order valence-electron chi connectivity index (χ2n) is 4.45. The Morgan fingerprint density at radius 1 is 1.37 bits per heavy atom. The summed E-state index contributed by atoms with van der Waals surface area (Å²) in [5.74, 6) is 1.20. The van der Waals surface area contributed by atoms with Gasteiger partial charge in [-0.1, -0.05) is 13.8 Å². The molecule has 2 heterocycles. The monoisotopic (exact) mass is 272 g/mol. The molecule has 0 aromatic carbocycles. The number of nitrogens with zero attached hydrogens (tertiary/aromatic N) is 3. The molecule has 4 nitrogen and oxygen atoms in total. The third kappa shape index (κ3) is 2.74. The van der Waals surface area contributed by atoms with Crippen molar-refractivity contribution in [2.75, 3.05) is 11.9 Å². The molecule has 2 aromatic heterocycles. The molecule has 5 heteroatoms. The van der Waals surface area contributed by atoms with Gasteiger partial charge in [0, 0.05) is 12.1 Å². The molecular formula is C14H16N4S. The Balaban J connectivity index is 2.56. The van der Waals surface area contributed by atoms with E-state index in [0.717, 1.165) is 28.5 Å². The van der Waals surface area contributed by atoms with Crippen molar-refractivity contribution >= 4 is 17.2 Å². The zero-order valence-electron chi connectivity index (χ0n) is 11.3. The van der Waals surface area contributed by atoms with Gasteiger partial charge >= 0.3 is 0 Å². The highest BCUT2D eigenvalue weighted by Gasteiger charge is 2.17. The summed E-state index contributed by atoms with van der Waals surface area (Å²) in [5.41, 5.74) is 2.03. The maximum Gasteiger partial charge on any atom is 0.133 e. The van der Waals surface area contributed by atoms with E-state index in [2.05, 4.69) is 35.2 Å². The summed E-state index contributed by atoms with van der Waals surface area (Å²) in [7, 11) is 0. The lowest BCUT2D eigenvalue weighted by Gasteiger charge is -2.15. The fraction of sp³-hybridized carbons (Fsp3) is 0.357. The minimum absolute atomic E-state index is 0.317. The zero-order chi connectivity index (χ0) is 13.8. The zero-order valence-corrected chi connectivity index (χ0v) is 12.1. The molecule has 0 bridgehead atoms. The molecule has 0 aliphatic heterocycles. The van der Waals surface area contributed by atoms with Gasteiger partial charge in [-0.05, 0) is 25.0 Å². The van der Waals surface area contributed by atoms with Crippen molar-refractivity contribution in [3.05, 3.63) is 28.9 Å². The molecule has 0 aliphatic carbocycles. The van der Waals surface area contributed by atoms with E-state index in [9.17, 15) is 0 Å². The van der Waals surface area contributed by atoms with Crippen molar-refractivity contribution in [1.82, 2.24) is 9.97 Å². The highest BCUT2D eigenvalue weighted by Crippen LogP contribution is 2.35. The fourth-order valence-corrected chi connectivity index (χ4v) is 2.79. The minimum atomic E-state index is 0.317. The fourth-order valence-electron chi connectivity index (χ4n) is 1.97. The number of thiophene rings is 1. The Morgan fingerprint density at radius 3 is 2.74 bits per heavy atom. The molecule has 1 N–H and O–H groups in total. The van der Waals surface area contributed by atoms with Gasteiger partial charge in [0.2, 0.25) is 0 Å². The van der Waals surface area contributed by atoms with Gasteiger partial charge in [-0.15, -0.1) is 11.3 Å². The van der Waals surface area contributed by atoms with Crippen LogP contribution in [-0.2, 0) is 0 Å². The largest absolute Gasteiger partial charge is 0.370 e. The van der Waals surface area contributed by atoms with Gasteiger partial charge in [-0.2, -0.15) is 5.26 Å². The third-order valence-electron chi connectivity index (χ3n) is 2.76. The quantitative estimate of drug-likeness (QED) is 0.923. The molecule has 98 valence electrons.